The Morgan fingerprint density at radius 3 is 2.14 bits per heavy atom. The van der Waals surface area contributed by atoms with Crippen molar-refractivity contribution in [1.29, 1.82) is 0 Å². The zero-order chi connectivity index (χ0) is 26.3. The topological polar surface area (TPSA) is 93.5 Å². The first-order valence-electron chi connectivity index (χ1n) is 10.4. The van der Waals surface area contributed by atoms with Gasteiger partial charge in [0, 0.05) is 30.6 Å². The summed E-state index contributed by atoms with van der Waals surface area (Å²) in [5.74, 6) is 1.47. The van der Waals surface area contributed by atoms with Crippen LogP contribution in [0.5, 0.6) is 17.2 Å². The number of carbonyl (C=O) groups is 1. The molecule has 0 aliphatic carbocycles. The molecular formula is C25H23F3N4O4. The van der Waals surface area contributed by atoms with E-state index in [0.717, 1.165) is 12.1 Å². The molecule has 0 radical (unpaired) electrons. The average molecular weight is 500 g/mol. The van der Waals surface area contributed by atoms with E-state index in [9.17, 15) is 18.0 Å². The molecule has 3 rings (SSSR count). The van der Waals surface area contributed by atoms with E-state index in [1.165, 1.54) is 26.4 Å². The van der Waals surface area contributed by atoms with Gasteiger partial charge in [0.05, 0.1) is 31.0 Å². The number of ether oxygens (including phenoxy) is 3. The first-order valence-corrected chi connectivity index (χ1v) is 10.4. The van der Waals surface area contributed by atoms with Gasteiger partial charge in [-0.3, -0.25) is 9.98 Å². The van der Waals surface area contributed by atoms with Crippen molar-refractivity contribution in [2.45, 2.75) is 6.18 Å². The molecule has 0 fully saturated rings. The van der Waals surface area contributed by atoms with Gasteiger partial charge in [-0.2, -0.15) is 13.2 Å². The Balaban J connectivity index is 1.74. The van der Waals surface area contributed by atoms with Gasteiger partial charge >= 0.3 is 12.2 Å². The minimum Gasteiger partial charge on any atom is -0.493 e. The number of amides is 2. The lowest BCUT2D eigenvalue weighted by Crippen LogP contribution is -2.19. The maximum absolute atomic E-state index is 12.7. The monoisotopic (exact) mass is 500 g/mol. The molecule has 11 heteroatoms. The van der Waals surface area contributed by atoms with Crippen LogP contribution in [0.4, 0.5) is 35.0 Å². The van der Waals surface area contributed by atoms with E-state index in [0.29, 0.717) is 34.2 Å². The second kappa shape index (κ2) is 11.3. The molecule has 3 aromatic carbocycles. The van der Waals surface area contributed by atoms with Crippen molar-refractivity contribution in [3.05, 3.63) is 71.8 Å². The maximum atomic E-state index is 12.7. The molecule has 8 nitrogen and oxygen atoms in total. The molecule has 0 spiro atoms. The molecule has 0 heterocycles. The minimum absolute atomic E-state index is 0.200. The largest absolute Gasteiger partial charge is 0.493 e. The number of nitrogens with one attached hydrogen (secondary N) is 2. The number of methoxy groups -OCH3 is 2. The highest BCUT2D eigenvalue weighted by Crippen LogP contribution is 2.35. The van der Waals surface area contributed by atoms with Gasteiger partial charge in [-0.1, -0.05) is 6.07 Å². The number of anilines is 2. The Hall–Kier alpha value is -4.54. The Morgan fingerprint density at radius 1 is 0.917 bits per heavy atom. The van der Waals surface area contributed by atoms with E-state index in [1.807, 2.05) is 0 Å². The van der Waals surface area contributed by atoms with E-state index in [2.05, 4.69) is 27.3 Å². The SMILES string of the molecule is C=Nc1cc(OC)c(OC)cc1/C(=N\C)Oc1cccc(NC(=O)Nc2ccc(C(F)(F)F)cc2)c1. The standard InChI is InChI=1S/C25H23F3N4O4/c1-29-20-14-22(35-4)21(34-3)13-19(20)23(30-2)36-18-7-5-6-17(12-18)32-24(33)31-16-10-8-15(9-11-16)25(26,27)28/h5-14H,1H2,2-4H3,(H2,31,32,33)/b30-23+. The van der Waals surface area contributed by atoms with Crippen LogP contribution in [0.2, 0.25) is 0 Å². The highest BCUT2D eigenvalue weighted by molar-refractivity contribution is 6.02. The average Bonchev–Trinajstić information content (AvgIpc) is 2.86. The van der Waals surface area contributed by atoms with Crippen LogP contribution in [0.3, 0.4) is 0 Å². The Morgan fingerprint density at radius 2 is 1.56 bits per heavy atom. The molecule has 3 aromatic rings. The van der Waals surface area contributed by atoms with Crippen LogP contribution in [-0.2, 0) is 6.18 Å². The summed E-state index contributed by atoms with van der Waals surface area (Å²) in [5.41, 5.74) is 0.728. The Labute approximate surface area is 205 Å². The number of rotatable bonds is 7. The summed E-state index contributed by atoms with van der Waals surface area (Å²) in [6.45, 7) is 3.58. The number of benzene rings is 3. The first-order chi connectivity index (χ1) is 17.2. The van der Waals surface area contributed by atoms with Crippen LogP contribution in [0, 0.1) is 0 Å². The van der Waals surface area contributed by atoms with Crippen molar-refractivity contribution < 1.29 is 32.2 Å². The summed E-state index contributed by atoms with van der Waals surface area (Å²) in [6.07, 6.45) is -4.46. The number of halogens is 3. The van der Waals surface area contributed by atoms with Crippen LogP contribution in [0.15, 0.2) is 70.6 Å². The third-order valence-corrected chi connectivity index (χ3v) is 4.88. The Kier molecular flexibility index (Phi) is 8.15. The quantitative estimate of drug-likeness (QED) is 0.300. The summed E-state index contributed by atoms with van der Waals surface area (Å²) < 4.78 is 54.7. The summed E-state index contributed by atoms with van der Waals surface area (Å²) in [5, 5.41) is 5.08. The molecule has 36 heavy (non-hydrogen) atoms. The summed E-state index contributed by atoms with van der Waals surface area (Å²) in [7, 11) is 4.54. The third kappa shape index (κ3) is 6.32. The van der Waals surface area contributed by atoms with Crippen LogP contribution < -0.4 is 24.8 Å². The lowest BCUT2D eigenvalue weighted by atomic mass is 10.1. The number of urea groups is 1. The van der Waals surface area contributed by atoms with Gasteiger partial charge in [0.2, 0.25) is 5.90 Å². The molecule has 0 aromatic heterocycles. The summed E-state index contributed by atoms with van der Waals surface area (Å²) >= 11 is 0. The van der Waals surface area contributed by atoms with Gasteiger partial charge in [0.15, 0.2) is 11.5 Å². The normalized spacial score (nSPS) is 11.4. The number of alkyl halides is 3. The van der Waals surface area contributed by atoms with Gasteiger partial charge < -0.3 is 24.8 Å². The van der Waals surface area contributed by atoms with E-state index in [1.54, 1.807) is 43.4 Å². The molecule has 188 valence electrons. The summed E-state index contributed by atoms with van der Waals surface area (Å²) in [4.78, 5) is 20.5. The van der Waals surface area contributed by atoms with E-state index in [4.69, 9.17) is 14.2 Å². The fraction of sp³-hybridized carbons (Fsp3) is 0.160. The third-order valence-electron chi connectivity index (χ3n) is 4.88. The number of nitrogens with zero attached hydrogens (tertiary/aromatic N) is 2. The van der Waals surface area contributed by atoms with E-state index in [-0.39, 0.29) is 11.6 Å². The van der Waals surface area contributed by atoms with Gasteiger partial charge in [0.25, 0.3) is 0 Å². The van der Waals surface area contributed by atoms with Gasteiger partial charge in [-0.15, -0.1) is 0 Å². The van der Waals surface area contributed by atoms with Gasteiger partial charge in [0.1, 0.15) is 5.75 Å². The fourth-order valence-electron chi connectivity index (χ4n) is 3.18. The molecule has 0 unspecified atom stereocenters. The predicted octanol–water partition coefficient (Wildman–Crippen LogP) is 6.15. The van der Waals surface area contributed by atoms with Crippen molar-refractivity contribution in [1.82, 2.24) is 0 Å². The molecule has 2 N–H and O–H groups in total. The molecule has 0 aliphatic heterocycles. The van der Waals surface area contributed by atoms with Crippen LogP contribution >= 0.6 is 0 Å². The first kappa shape index (κ1) is 26.1. The molecular weight excluding hydrogens is 477 g/mol. The molecule has 0 saturated heterocycles. The van der Waals surface area contributed by atoms with Crippen molar-refractivity contribution in [3.8, 4) is 17.2 Å². The molecule has 0 bridgehead atoms. The summed E-state index contributed by atoms with van der Waals surface area (Å²) in [6, 6.07) is 13.2. The van der Waals surface area contributed by atoms with Crippen molar-refractivity contribution in [2.75, 3.05) is 31.9 Å². The Bertz CT molecular complexity index is 1280. The number of hydrogen-bond donors (Lipinski definition) is 2. The van der Waals surface area contributed by atoms with E-state index < -0.39 is 17.8 Å². The lowest BCUT2D eigenvalue weighted by molar-refractivity contribution is -0.137. The highest BCUT2D eigenvalue weighted by atomic mass is 19.4. The molecule has 0 atom stereocenters. The zero-order valence-electron chi connectivity index (χ0n) is 19.6. The molecule has 2 amide bonds. The second-order valence-electron chi connectivity index (χ2n) is 7.20. The zero-order valence-corrected chi connectivity index (χ0v) is 19.6. The molecule has 0 aliphatic rings. The van der Waals surface area contributed by atoms with E-state index >= 15 is 0 Å². The van der Waals surface area contributed by atoms with Crippen LogP contribution in [0.25, 0.3) is 0 Å². The number of carbonyl (C=O) groups excluding carboxylic acids is 1. The minimum atomic E-state index is -4.46. The smallest absolute Gasteiger partial charge is 0.416 e. The predicted molar refractivity (Wildman–Crippen MR) is 132 cm³/mol. The highest BCUT2D eigenvalue weighted by Gasteiger charge is 2.30. The maximum Gasteiger partial charge on any atom is 0.416 e. The number of hydrogen-bond acceptors (Lipinski definition) is 6. The van der Waals surface area contributed by atoms with Gasteiger partial charge in [-0.25, -0.2) is 4.79 Å². The van der Waals surface area contributed by atoms with Crippen LogP contribution in [0.1, 0.15) is 11.1 Å². The van der Waals surface area contributed by atoms with Gasteiger partial charge in [-0.05, 0) is 49.2 Å². The lowest BCUT2D eigenvalue weighted by Gasteiger charge is -2.15. The van der Waals surface area contributed by atoms with Crippen molar-refractivity contribution >= 4 is 35.7 Å². The number of aliphatic imine (C=N–C) groups is 2. The second-order valence-corrected chi connectivity index (χ2v) is 7.20. The van der Waals surface area contributed by atoms with Crippen molar-refractivity contribution in [2.24, 2.45) is 9.98 Å². The molecule has 0 saturated carbocycles. The van der Waals surface area contributed by atoms with Crippen molar-refractivity contribution in [3.63, 3.8) is 0 Å². The van der Waals surface area contributed by atoms with Crippen LogP contribution in [-0.4, -0.2) is 39.9 Å². The fourth-order valence-corrected chi connectivity index (χ4v) is 3.18.